The van der Waals surface area contributed by atoms with Gasteiger partial charge in [0.25, 0.3) is 0 Å². The molecule has 3 N–H and O–H groups in total. The summed E-state index contributed by atoms with van der Waals surface area (Å²) in [6.07, 6.45) is 20.8. The molecule has 5 heteroatoms. The Morgan fingerprint density at radius 2 is 1.43 bits per heavy atom. The highest BCUT2D eigenvalue weighted by Gasteiger charge is 2.11. The molecule has 5 nitrogen and oxygen atoms in total. The van der Waals surface area contributed by atoms with Crippen molar-refractivity contribution in [2.45, 2.75) is 96.8 Å². The average molecular weight is 418 g/mol. The number of aromatic hydroxyl groups is 1. The Hall–Kier alpha value is -2.30. The third-order valence-corrected chi connectivity index (χ3v) is 5.18. The SMILES string of the molecule is CCCCCCCCC=CCCCCCCCC(=O)Nc1ccc(O)c(C(=O)O)c1. The number of carboxylic acid groups (broad SMARTS) is 1. The van der Waals surface area contributed by atoms with E-state index in [0.29, 0.717) is 12.1 Å². The molecule has 0 aliphatic rings. The molecule has 0 fully saturated rings. The van der Waals surface area contributed by atoms with Crippen LogP contribution in [0.15, 0.2) is 30.4 Å². The first kappa shape index (κ1) is 25.7. The third kappa shape index (κ3) is 12.3. The molecule has 0 saturated carbocycles. The van der Waals surface area contributed by atoms with Crippen LogP contribution in [0.1, 0.15) is 107 Å². The minimum atomic E-state index is -1.22. The predicted molar refractivity (Wildman–Crippen MR) is 123 cm³/mol. The van der Waals surface area contributed by atoms with E-state index in [9.17, 15) is 14.7 Å². The molecule has 0 radical (unpaired) electrons. The van der Waals surface area contributed by atoms with Crippen LogP contribution in [0.25, 0.3) is 0 Å². The van der Waals surface area contributed by atoms with E-state index in [4.69, 9.17) is 5.11 Å². The molecule has 1 aromatic rings. The molecular weight excluding hydrogens is 378 g/mol. The second kappa shape index (κ2) is 16.5. The molecule has 30 heavy (non-hydrogen) atoms. The summed E-state index contributed by atoms with van der Waals surface area (Å²) < 4.78 is 0. The van der Waals surface area contributed by atoms with Crippen LogP contribution in [0, 0.1) is 0 Å². The number of nitrogens with one attached hydrogen (secondary N) is 1. The molecule has 0 aliphatic heterocycles. The minimum Gasteiger partial charge on any atom is -0.507 e. The van der Waals surface area contributed by atoms with Gasteiger partial charge >= 0.3 is 5.97 Å². The summed E-state index contributed by atoms with van der Waals surface area (Å²) in [5.41, 5.74) is 0.178. The molecule has 1 rings (SSSR count). The van der Waals surface area contributed by atoms with Gasteiger partial charge in [-0.25, -0.2) is 4.79 Å². The molecule has 0 spiro atoms. The minimum absolute atomic E-state index is 0.130. The zero-order valence-electron chi connectivity index (χ0n) is 18.5. The quantitative estimate of drug-likeness (QED) is 0.144. The molecule has 1 aromatic carbocycles. The number of unbranched alkanes of at least 4 members (excludes halogenated alkanes) is 11. The molecule has 1 amide bonds. The van der Waals surface area contributed by atoms with E-state index in [2.05, 4.69) is 24.4 Å². The van der Waals surface area contributed by atoms with Gasteiger partial charge in [-0.1, -0.05) is 70.4 Å². The van der Waals surface area contributed by atoms with E-state index in [1.54, 1.807) is 0 Å². The summed E-state index contributed by atoms with van der Waals surface area (Å²) in [6, 6.07) is 4.05. The van der Waals surface area contributed by atoms with Crippen LogP contribution in [-0.2, 0) is 4.79 Å². The van der Waals surface area contributed by atoms with Crippen LogP contribution in [0.5, 0.6) is 5.75 Å². The highest BCUT2D eigenvalue weighted by molar-refractivity contribution is 5.95. The van der Waals surface area contributed by atoms with Gasteiger partial charge in [-0.2, -0.15) is 0 Å². The number of carboxylic acids is 1. The zero-order valence-corrected chi connectivity index (χ0v) is 18.5. The van der Waals surface area contributed by atoms with E-state index in [-0.39, 0.29) is 17.2 Å². The molecule has 0 aromatic heterocycles. The average Bonchev–Trinajstić information content (AvgIpc) is 2.72. The van der Waals surface area contributed by atoms with Crippen molar-refractivity contribution in [3.63, 3.8) is 0 Å². The van der Waals surface area contributed by atoms with Gasteiger partial charge in [0, 0.05) is 12.1 Å². The van der Waals surface area contributed by atoms with Crippen molar-refractivity contribution >= 4 is 17.6 Å². The zero-order chi connectivity index (χ0) is 22.0. The van der Waals surface area contributed by atoms with Crippen LogP contribution in [0.2, 0.25) is 0 Å². The Morgan fingerprint density at radius 1 is 0.867 bits per heavy atom. The molecular formula is C25H39NO4. The van der Waals surface area contributed by atoms with E-state index in [1.807, 2.05) is 0 Å². The maximum atomic E-state index is 12.0. The van der Waals surface area contributed by atoms with Crippen molar-refractivity contribution < 1.29 is 19.8 Å². The molecule has 168 valence electrons. The van der Waals surface area contributed by atoms with Crippen LogP contribution in [0.3, 0.4) is 0 Å². The number of phenols is 1. The van der Waals surface area contributed by atoms with Crippen molar-refractivity contribution in [3.05, 3.63) is 35.9 Å². The number of carbonyl (C=O) groups is 2. The third-order valence-electron chi connectivity index (χ3n) is 5.18. The van der Waals surface area contributed by atoms with Gasteiger partial charge < -0.3 is 15.5 Å². The molecule has 0 bridgehead atoms. The highest BCUT2D eigenvalue weighted by atomic mass is 16.4. The maximum absolute atomic E-state index is 12.0. The monoisotopic (exact) mass is 417 g/mol. The standard InChI is InChI=1S/C25H39NO4/c1-2-3-4-5-6-7-8-9-10-11-12-13-14-15-16-17-24(28)26-21-18-19-23(27)22(20-21)25(29)30/h9-10,18-20,27H,2-8,11-17H2,1H3,(H,26,28)(H,29,30). The second-order valence-electron chi connectivity index (χ2n) is 7.92. The van der Waals surface area contributed by atoms with Gasteiger partial charge in [0.15, 0.2) is 0 Å². The number of amides is 1. The van der Waals surface area contributed by atoms with Crippen molar-refractivity contribution in [2.24, 2.45) is 0 Å². The fourth-order valence-corrected chi connectivity index (χ4v) is 3.36. The van der Waals surface area contributed by atoms with Crippen LogP contribution < -0.4 is 5.32 Å². The lowest BCUT2D eigenvalue weighted by molar-refractivity contribution is -0.116. The molecule has 0 saturated heterocycles. The van der Waals surface area contributed by atoms with Crippen molar-refractivity contribution in [3.8, 4) is 5.75 Å². The maximum Gasteiger partial charge on any atom is 0.339 e. The lowest BCUT2D eigenvalue weighted by atomic mass is 10.1. The van der Waals surface area contributed by atoms with Gasteiger partial charge in [0.05, 0.1) is 0 Å². The Bertz CT molecular complexity index is 655. The van der Waals surface area contributed by atoms with Gasteiger partial charge in [0.2, 0.25) is 5.91 Å². The van der Waals surface area contributed by atoms with E-state index in [1.165, 1.54) is 76.0 Å². The number of aromatic carboxylic acids is 1. The fraction of sp³-hybridized carbons (Fsp3) is 0.600. The summed E-state index contributed by atoms with van der Waals surface area (Å²) in [7, 11) is 0. The summed E-state index contributed by atoms with van der Waals surface area (Å²) >= 11 is 0. The summed E-state index contributed by atoms with van der Waals surface area (Å²) in [6.45, 7) is 2.25. The first-order valence-corrected chi connectivity index (χ1v) is 11.6. The number of rotatable bonds is 17. The Kier molecular flexibility index (Phi) is 14.1. The number of carbonyl (C=O) groups excluding carboxylic acids is 1. The van der Waals surface area contributed by atoms with Gasteiger partial charge in [-0.15, -0.1) is 0 Å². The van der Waals surface area contributed by atoms with Crippen LogP contribution in [-0.4, -0.2) is 22.1 Å². The van der Waals surface area contributed by atoms with Gasteiger partial charge in [-0.05, 0) is 50.3 Å². The predicted octanol–water partition coefficient (Wildman–Crippen LogP) is 7.07. The number of allylic oxidation sites excluding steroid dienone is 2. The van der Waals surface area contributed by atoms with Crippen LogP contribution in [0.4, 0.5) is 5.69 Å². The first-order chi connectivity index (χ1) is 14.5. The van der Waals surface area contributed by atoms with E-state index >= 15 is 0 Å². The van der Waals surface area contributed by atoms with E-state index in [0.717, 1.165) is 25.7 Å². The number of hydrogen-bond donors (Lipinski definition) is 3. The van der Waals surface area contributed by atoms with Crippen LogP contribution >= 0.6 is 0 Å². The fourth-order valence-electron chi connectivity index (χ4n) is 3.36. The number of benzene rings is 1. The lowest BCUT2D eigenvalue weighted by Gasteiger charge is -2.07. The lowest BCUT2D eigenvalue weighted by Crippen LogP contribution is -2.11. The van der Waals surface area contributed by atoms with Crippen molar-refractivity contribution in [1.29, 1.82) is 0 Å². The highest BCUT2D eigenvalue weighted by Crippen LogP contribution is 2.21. The topological polar surface area (TPSA) is 86.6 Å². The summed E-state index contributed by atoms with van der Waals surface area (Å²) in [4.78, 5) is 23.0. The Labute approximate surface area is 181 Å². The molecule has 0 unspecified atom stereocenters. The number of anilines is 1. The van der Waals surface area contributed by atoms with E-state index < -0.39 is 5.97 Å². The Balaban J connectivity index is 2.00. The molecule has 0 aliphatic carbocycles. The first-order valence-electron chi connectivity index (χ1n) is 11.6. The largest absolute Gasteiger partial charge is 0.507 e. The molecule has 0 atom stereocenters. The summed E-state index contributed by atoms with van der Waals surface area (Å²) in [5.74, 6) is -1.66. The van der Waals surface area contributed by atoms with Crippen molar-refractivity contribution in [2.75, 3.05) is 5.32 Å². The summed E-state index contributed by atoms with van der Waals surface area (Å²) in [5, 5.41) is 21.2. The van der Waals surface area contributed by atoms with Gasteiger partial charge in [-0.3, -0.25) is 4.79 Å². The second-order valence-corrected chi connectivity index (χ2v) is 7.92. The smallest absolute Gasteiger partial charge is 0.339 e. The Morgan fingerprint density at radius 3 is 2.03 bits per heavy atom. The normalized spacial score (nSPS) is 11.1. The van der Waals surface area contributed by atoms with Gasteiger partial charge in [0.1, 0.15) is 11.3 Å². The molecule has 0 heterocycles. The number of hydrogen-bond acceptors (Lipinski definition) is 3. The van der Waals surface area contributed by atoms with Crippen molar-refractivity contribution in [1.82, 2.24) is 0 Å².